The van der Waals surface area contributed by atoms with E-state index in [0.717, 1.165) is 22.7 Å². The summed E-state index contributed by atoms with van der Waals surface area (Å²) in [5.74, 6) is 0. The quantitative estimate of drug-likeness (QED) is 0.171. The van der Waals surface area contributed by atoms with E-state index in [-0.39, 0.29) is 0 Å². The third-order valence-electron chi connectivity index (χ3n) is 10.1. The Bertz CT molecular complexity index is 2880. The standard InChI is InChI=1S/C48H32N2/c1-2-16-38(17-3-1)50-46-22-9-8-20-45(46)48-44(21-11-23-47(48)50)36-15-10-18-39(31-36)49(40-27-26-33-12-4-5-14-35(33)30-40)41-28-29-43-37(32-41)25-24-34-13-6-7-19-42(34)43/h1-32H. The zero-order valence-corrected chi connectivity index (χ0v) is 27.4. The Morgan fingerprint density at radius 2 is 0.940 bits per heavy atom. The maximum absolute atomic E-state index is 2.40. The summed E-state index contributed by atoms with van der Waals surface area (Å²) in [6.07, 6.45) is 0. The van der Waals surface area contributed by atoms with Gasteiger partial charge in [-0.25, -0.2) is 0 Å². The van der Waals surface area contributed by atoms with E-state index in [4.69, 9.17) is 0 Å². The molecule has 0 saturated heterocycles. The molecular weight excluding hydrogens is 605 g/mol. The Hall–Kier alpha value is -6.64. The molecule has 0 spiro atoms. The van der Waals surface area contributed by atoms with Crippen molar-refractivity contribution in [3.63, 3.8) is 0 Å². The molecular formula is C48H32N2. The van der Waals surface area contributed by atoms with Gasteiger partial charge in [-0.2, -0.15) is 0 Å². The third kappa shape index (κ3) is 4.57. The molecule has 2 nitrogen and oxygen atoms in total. The smallest absolute Gasteiger partial charge is 0.0547 e. The predicted molar refractivity (Wildman–Crippen MR) is 213 cm³/mol. The van der Waals surface area contributed by atoms with E-state index < -0.39 is 0 Å². The number of benzene rings is 9. The van der Waals surface area contributed by atoms with Crippen LogP contribution in [0.15, 0.2) is 194 Å². The maximum atomic E-state index is 2.40. The van der Waals surface area contributed by atoms with Crippen molar-refractivity contribution in [1.82, 2.24) is 4.57 Å². The minimum absolute atomic E-state index is 1.11. The second kappa shape index (κ2) is 11.5. The fraction of sp³-hybridized carbons (Fsp3) is 0. The van der Waals surface area contributed by atoms with E-state index in [1.807, 2.05) is 0 Å². The van der Waals surface area contributed by atoms with Gasteiger partial charge in [-0.1, -0.05) is 133 Å². The van der Waals surface area contributed by atoms with E-state index in [1.54, 1.807) is 0 Å². The molecule has 0 bridgehead atoms. The number of aromatic nitrogens is 1. The molecule has 1 heterocycles. The molecule has 9 aromatic carbocycles. The summed E-state index contributed by atoms with van der Waals surface area (Å²) in [5, 5.41) is 9.99. The number of anilines is 3. The average Bonchev–Trinajstić information content (AvgIpc) is 3.53. The average molecular weight is 637 g/mol. The Labute approximate surface area is 290 Å². The number of hydrogen-bond acceptors (Lipinski definition) is 1. The van der Waals surface area contributed by atoms with Crippen LogP contribution < -0.4 is 4.90 Å². The molecule has 0 N–H and O–H groups in total. The van der Waals surface area contributed by atoms with Crippen LogP contribution in [0.5, 0.6) is 0 Å². The molecule has 10 aromatic rings. The van der Waals surface area contributed by atoms with Crippen LogP contribution in [0.3, 0.4) is 0 Å². The number of para-hydroxylation sites is 2. The van der Waals surface area contributed by atoms with Crippen molar-refractivity contribution < 1.29 is 0 Å². The molecule has 0 fully saturated rings. The van der Waals surface area contributed by atoms with Crippen molar-refractivity contribution in [2.24, 2.45) is 0 Å². The predicted octanol–water partition coefficient (Wildman–Crippen LogP) is 13.4. The second-order valence-corrected chi connectivity index (χ2v) is 13.0. The van der Waals surface area contributed by atoms with Crippen molar-refractivity contribution in [2.45, 2.75) is 0 Å². The number of fused-ring (bicyclic) bond motifs is 7. The van der Waals surface area contributed by atoms with Crippen LogP contribution in [0.2, 0.25) is 0 Å². The lowest BCUT2D eigenvalue weighted by atomic mass is 9.98. The third-order valence-corrected chi connectivity index (χ3v) is 10.1. The topological polar surface area (TPSA) is 8.17 Å². The second-order valence-electron chi connectivity index (χ2n) is 13.0. The Morgan fingerprint density at radius 3 is 1.82 bits per heavy atom. The molecule has 0 aliphatic rings. The summed E-state index contributed by atoms with van der Waals surface area (Å²) in [4.78, 5) is 2.40. The van der Waals surface area contributed by atoms with Gasteiger partial charge in [-0.05, 0) is 104 Å². The maximum Gasteiger partial charge on any atom is 0.0547 e. The molecule has 0 aliphatic carbocycles. The van der Waals surface area contributed by atoms with Gasteiger partial charge in [0, 0.05) is 33.5 Å². The Morgan fingerprint density at radius 1 is 0.340 bits per heavy atom. The van der Waals surface area contributed by atoms with Gasteiger partial charge in [-0.15, -0.1) is 0 Å². The van der Waals surface area contributed by atoms with Crippen LogP contribution in [0.25, 0.3) is 70.9 Å². The van der Waals surface area contributed by atoms with Crippen LogP contribution in [-0.4, -0.2) is 4.57 Å². The largest absolute Gasteiger partial charge is 0.310 e. The lowest BCUT2D eigenvalue weighted by Gasteiger charge is -2.27. The van der Waals surface area contributed by atoms with E-state index >= 15 is 0 Å². The summed E-state index contributed by atoms with van der Waals surface area (Å²) in [6.45, 7) is 0. The monoisotopic (exact) mass is 636 g/mol. The van der Waals surface area contributed by atoms with E-state index in [9.17, 15) is 0 Å². The van der Waals surface area contributed by atoms with E-state index in [0.29, 0.717) is 0 Å². The molecule has 0 unspecified atom stereocenters. The lowest BCUT2D eigenvalue weighted by molar-refractivity contribution is 1.18. The molecule has 234 valence electrons. The van der Waals surface area contributed by atoms with Crippen molar-refractivity contribution in [3.8, 4) is 16.8 Å². The zero-order chi connectivity index (χ0) is 33.0. The first-order valence-corrected chi connectivity index (χ1v) is 17.2. The van der Waals surface area contributed by atoms with Crippen LogP contribution >= 0.6 is 0 Å². The normalized spacial score (nSPS) is 11.6. The number of rotatable bonds is 5. The molecule has 0 amide bonds. The van der Waals surface area contributed by atoms with Gasteiger partial charge in [0.05, 0.1) is 11.0 Å². The minimum Gasteiger partial charge on any atom is -0.310 e. The summed E-state index contributed by atoms with van der Waals surface area (Å²) < 4.78 is 2.39. The Kier molecular flexibility index (Phi) is 6.53. The summed E-state index contributed by atoms with van der Waals surface area (Å²) in [6, 6.07) is 70.6. The Balaban J connectivity index is 1.19. The van der Waals surface area contributed by atoms with Crippen LogP contribution in [0, 0.1) is 0 Å². The van der Waals surface area contributed by atoms with Gasteiger partial charge in [-0.3, -0.25) is 0 Å². The van der Waals surface area contributed by atoms with Gasteiger partial charge in [0.2, 0.25) is 0 Å². The molecule has 0 radical (unpaired) electrons. The fourth-order valence-electron chi connectivity index (χ4n) is 7.83. The van der Waals surface area contributed by atoms with Gasteiger partial charge >= 0.3 is 0 Å². The van der Waals surface area contributed by atoms with Crippen LogP contribution in [-0.2, 0) is 0 Å². The first-order valence-electron chi connectivity index (χ1n) is 17.2. The van der Waals surface area contributed by atoms with Gasteiger partial charge in [0.15, 0.2) is 0 Å². The number of nitrogens with zero attached hydrogens (tertiary/aromatic N) is 2. The SMILES string of the molecule is c1ccc(-n2c3ccccc3c3c(-c4cccc(N(c5ccc6ccccc6c5)c5ccc6c(ccc7ccccc76)c5)c4)cccc32)cc1. The highest BCUT2D eigenvalue weighted by molar-refractivity contribution is 6.16. The zero-order valence-electron chi connectivity index (χ0n) is 27.4. The summed E-state index contributed by atoms with van der Waals surface area (Å²) in [5.41, 5.74) is 9.34. The molecule has 10 rings (SSSR count). The first-order chi connectivity index (χ1) is 24.8. The van der Waals surface area contributed by atoms with Crippen molar-refractivity contribution in [2.75, 3.05) is 4.90 Å². The minimum atomic E-state index is 1.11. The molecule has 50 heavy (non-hydrogen) atoms. The van der Waals surface area contributed by atoms with Crippen molar-refractivity contribution in [3.05, 3.63) is 194 Å². The first kappa shape index (κ1) is 28.4. The fourth-order valence-corrected chi connectivity index (χ4v) is 7.83. The van der Waals surface area contributed by atoms with Crippen molar-refractivity contribution >= 4 is 71.2 Å². The molecule has 2 heteroatoms. The molecule has 0 aliphatic heterocycles. The summed E-state index contributed by atoms with van der Waals surface area (Å²) in [7, 11) is 0. The molecule has 0 saturated carbocycles. The number of hydrogen-bond donors (Lipinski definition) is 0. The van der Waals surface area contributed by atoms with Gasteiger partial charge in [0.25, 0.3) is 0 Å². The van der Waals surface area contributed by atoms with Gasteiger partial charge < -0.3 is 9.47 Å². The lowest BCUT2D eigenvalue weighted by Crippen LogP contribution is -2.10. The highest BCUT2D eigenvalue weighted by atomic mass is 15.1. The van der Waals surface area contributed by atoms with Crippen LogP contribution in [0.1, 0.15) is 0 Å². The van der Waals surface area contributed by atoms with E-state index in [1.165, 1.54) is 65.3 Å². The molecule has 0 atom stereocenters. The van der Waals surface area contributed by atoms with Crippen molar-refractivity contribution in [1.29, 1.82) is 0 Å². The highest BCUT2D eigenvalue weighted by Crippen LogP contribution is 2.42. The van der Waals surface area contributed by atoms with Crippen LogP contribution in [0.4, 0.5) is 17.1 Å². The molecule has 1 aromatic heterocycles. The highest BCUT2D eigenvalue weighted by Gasteiger charge is 2.19. The van der Waals surface area contributed by atoms with Gasteiger partial charge in [0.1, 0.15) is 0 Å². The summed E-state index contributed by atoms with van der Waals surface area (Å²) >= 11 is 0. The van der Waals surface area contributed by atoms with E-state index in [2.05, 4.69) is 204 Å².